The normalized spacial score (nSPS) is 19.3. The molecule has 0 saturated carbocycles. The Bertz CT molecular complexity index is 874. The molecular weight excluding hydrogens is 453 g/mol. The zero-order valence-corrected chi connectivity index (χ0v) is 18.8. The number of aryl methyl sites for hydroxylation is 1. The first-order valence-corrected chi connectivity index (χ1v) is 11.5. The third-order valence-electron chi connectivity index (χ3n) is 4.93. The molecule has 1 saturated heterocycles. The molecule has 1 heterocycles. The van der Waals surface area contributed by atoms with Gasteiger partial charge in [-0.05, 0) is 50.6 Å². The Balaban J connectivity index is 0.000000633. The Kier molecular flexibility index (Phi) is 10.1. The number of likely N-dealkylation sites (N-methyl/N-ethyl adjacent to an activating group) is 1. The number of sulfonamides is 1. The molecule has 0 spiro atoms. The van der Waals surface area contributed by atoms with Gasteiger partial charge in [-0.1, -0.05) is 31.9 Å². The summed E-state index contributed by atoms with van der Waals surface area (Å²) in [6.07, 6.45) is -0.469. The van der Waals surface area contributed by atoms with Gasteiger partial charge in [0, 0.05) is 6.54 Å². The molecule has 0 amide bonds. The van der Waals surface area contributed by atoms with Crippen molar-refractivity contribution in [2.75, 3.05) is 20.1 Å². The third kappa shape index (κ3) is 9.13. The van der Waals surface area contributed by atoms with Gasteiger partial charge in [0.2, 0.25) is 10.0 Å². The number of nitrogens with one attached hydrogen (secondary N) is 1. The fourth-order valence-corrected chi connectivity index (χ4v) is 4.81. The second kappa shape index (κ2) is 11.6. The van der Waals surface area contributed by atoms with Crippen LogP contribution in [0.3, 0.4) is 0 Å². The summed E-state index contributed by atoms with van der Waals surface area (Å²) in [4.78, 5) is 22.2. The maximum absolute atomic E-state index is 12.7. The van der Waals surface area contributed by atoms with Gasteiger partial charge in [-0.3, -0.25) is 4.79 Å². The highest BCUT2D eigenvalue weighted by molar-refractivity contribution is 7.89. The molecular formula is C20H29F3N2O6S. The highest BCUT2D eigenvalue weighted by atomic mass is 32.2. The molecule has 3 N–H and O–H groups in total. The number of nitrogens with zero attached hydrogens (tertiary/aromatic N) is 1. The number of halogens is 3. The molecule has 1 aliphatic heterocycles. The van der Waals surface area contributed by atoms with Crippen molar-refractivity contribution in [1.29, 1.82) is 0 Å². The minimum Gasteiger partial charge on any atom is -0.481 e. The van der Waals surface area contributed by atoms with E-state index in [2.05, 4.69) is 11.6 Å². The molecule has 1 aromatic rings. The number of likely N-dealkylation sites (tertiary alicyclic amines) is 1. The Morgan fingerprint density at radius 1 is 1.16 bits per heavy atom. The summed E-state index contributed by atoms with van der Waals surface area (Å²) in [6.45, 7) is 3.22. The summed E-state index contributed by atoms with van der Waals surface area (Å²) in [7, 11) is -1.89. The monoisotopic (exact) mass is 482 g/mol. The topological polar surface area (TPSA) is 124 Å². The van der Waals surface area contributed by atoms with E-state index in [4.69, 9.17) is 9.90 Å². The molecule has 0 bridgehead atoms. The first-order valence-electron chi connectivity index (χ1n) is 10.0. The standard InChI is InChI=1S/C18H28N2O4S.C2HF3O2/c1-3-4-5-6-15-7-9-16(10-8-15)25(23,24)19-18(13-17(21)22)11-12-20(2)14-18;3-2(4,5)1(6)7/h7-10,19H,3-6,11-14H2,1-2H3,(H,21,22);(H,6,7). The number of hydrogen-bond acceptors (Lipinski definition) is 5. The van der Waals surface area contributed by atoms with E-state index in [9.17, 15) is 31.5 Å². The van der Waals surface area contributed by atoms with Crippen molar-refractivity contribution >= 4 is 22.0 Å². The van der Waals surface area contributed by atoms with Crippen LogP contribution in [0.5, 0.6) is 0 Å². The molecule has 2 rings (SSSR count). The zero-order valence-electron chi connectivity index (χ0n) is 18.0. The van der Waals surface area contributed by atoms with Gasteiger partial charge in [0.05, 0.1) is 16.9 Å². The van der Waals surface area contributed by atoms with Crippen LogP contribution in [0.2, 0.25) is 0 Å². The van der Waals surface area contributed by atoms with Gasteiger partial charge in [0.25, 0.3) is 0 Å². The SMILES string of the molecule is CCCCCc1ccc(S(=O)(=O)NC2(CC(=O)O)CCN(C)C2)cc1.O=C(O)C(F)(F)F. The number of benzene rings is 1. The van der Waals surface area contributed by atoms with E-state index >= 15 is 0 Å². The van der Waals surface area contributed by atoms with Gasteiger partial charge in [0.15, 0.2) is 0 Å². The fraction of sp³-hybridized carbons (Fsp3) is 0.600. The minimum atomic E-state index is -5.08. The molecule has 32 heavy (non-hydrogen) atoms. The van der Waals surface area contributed by atoms with Crippen molar-refractivity contribution in [3.63, 3.8) is 0 Å². The lowest BCUT2D eigenvalue weighted by atomic mass is 9.96. The van der Waals surface area contributed by atoms with Crippen molar-refractivity contribution in [3.05, 3.63) is 29.8 Å². The second-order valence-electron chi connectivity index (χ2n) is 7.85. The molecule has 0 aliphatic carbocycles. The van der Waals surface area contributed by atoms with E-state index in [0.717, 1.165) is 31.2 Å². The summed E-state index contributed by atoms with van der Waals surface area (Å²) in [6, 6.07) is 6.90. The molecule has 182 valence electrons. The van der Waals surface area contributed by atoms with Crippen molar-refractivity contribution < 1.29 is 41.4 Å². The van der Waals surface area contributed by atoms with Crippen LogP contribution in [0, 0.1) is 0 Å². The summed E-state index contributed by atoms with van der Waals surface area (Å²) >= 11 is 0. The molecule has 1 atom stereocenters. The molecule has 12 heteroatoms. The molecule has 1 fully saturated rings. The second-order valence-corrected chi connectivity index (χ2v) is 9.53. The van der Waals surface area contributed by atoms with E-state index in [1.807, 2.05) is 24.1 Å². The number of carboxylic acids is 2. The molecule has 1 aromatic carbocycles. The Morgan fingerprint density at radius 3 is 2.12 bits per heavy atom. The maximum Gasteiger partial charge on any atom is 0.490 e. The van der Waals surface area contributed by atoms with Crippen LogP contribution in [0.1, 0.15) is 44.6 Å². The van der Waals surface area contributed by atoms with Crippen molar-refractivity contribution in [3.8, 4) is 0 Å². The third-order valence-corrected chi connectivity index (χ3v) is 6.52. The Labute approximate surface area is 185 Å². The smallest absolute Gasteiger partial charge is 0.481 e. The number of carbonyl (C=O) groups is 2. The van der Waals surface area contributed by atoms with E-state index in [-0.39, 0.29) is 11.3 Å². The maximum atomic E-state index is 12.7. The van der Waals surface area contributed by atoms with Gasteiger partial charge >= 0.3 is 18.1 Å². The van der Waals surface area contributed by atoms with Crippen LogP contribution in [-0.2, 0) is 26.0 Å². The quantitative estimate of drug-likeness (QED) is 0.463. The van der Waals surface area contributed by atoms with Gasteiger partial charge in [0.1, 0.15) is 0 Å². The number of carboxylic acid groups (broad SMARTS) is 2. The highest BCUT2D eigenvalue weighted by Crippen LogP contribution is 2.27. The molecule has 0 radical (unpaired) electrons. The number of alkyl halides is 3. The van der Waals surface area contributed by atoms with E-state index < -0.39 is 33.7 Å². The molecule has 8 nitrogen and oxygen atoms in total. The number of hydrogen-bond donors (Lipinski definition) is 3. The Morgan fingerprint density at radius 2 is 1.72 bits per heavy atom. The van der Waals surface area contributed by atoms with Crippen LogP contribution in [0.4, 0.5) is 13.2 Å². The number of rotatable bonds is 9. The van der Waals surface area contributed by atoms with Crippen LogP contribution in [0.25, 0.3) is 0 Å². The summed E-state index contributed by atoms with van der Waals surface area (Å²) in [5, 5.41) is 16.3. The lowest BCUT2D eigenvalue weighted by Gasteiger charge is -2.28. The summed E-state index contributed by atoms with van der Waals surface area (Å²) < 4.78 is 59.9. The van der Waals surface area contributed by atoms with Crippen molar-refractivity contribution in [2.45, 2.75) is 62.1 Å². The van der Waals surface area contributed by atoms with Crippen LogP contribution in [0.15, 0.2) is 29.2 Å². The molecule has 0 aromatic heterocycles. The molecule has 1 unspecified atom stereocenters. The van der Waals surface area contributed by atoms with E-state index in [1.165, 1.54) is 0 Å². The fourth-order valence-electron chi connectivity index (χ4n) is 3.39. The lowest BCUT2D eigenvalue weighted by molar-refractivity contribution is -0.192. The highest BCUT2D eigenvalue weighted by Gasteiger charge is 2.42. The number of unbranched alkanes of at least 4 members (excludes halogenated alkanes) is 2. The minimum absolute atomic E-state index is 0.186. The van der Waals surface area contributed by atoms with Crippen molar-refractivity contribution in [2.24, 2.45) is 0 Å². The van der Waals surface area contributed by atoms with Crippen LogP contribution >= 0.6 is 0 Å². The average Bonchev–Trinajstić information content (AvgIpc) is 3.00. The van der Waals surface area contributed by atoms with Gasteiger partial charge in [-0.2, -0.15) is 13.2 Å². The van der Waals surface area contributed by atoms with E-state index in [1.54, 1.807) is 12.1 Å². The van der Waals surface area contributed by atoms with Gasteiger partial charge < -0.3 is 15.1 Å². The largest absolute Gasteiger partial charge is 0.490 e. The lowest BCUT2D eigenvalue weighted by Crippen LogP contribution is -2.51. The summed E-state index contributed by atoms with van der Waals surface area (Å²) in [5.74, 6) is -3.75. The zero-order chi connectivity index (χ0) is 24.6. The van der Waals surface area contributed by atoms with Crippen molar-refractivity contribution in [1.82, 2.24) is 9.62 Å². The van der Waals surface area contributed by atoms with E-state index in [0.29, 0.717) is 19.5 Å². The predicted molar refractivity (Wildman–Crippen MR) is 111 cm³/mol. The van der Waals surface area contributed by atoms with Crippen LogP contribution in [-0.4, -0.2) is 67.3 Å². The van der Waals surface area contributed by atoms with Gasteiger partial charge in [-0.25, -0.2) is 17.9 Å². The molecule has 1 aliphatic rings. The Hall–Kier alpha value is -2.18. The summed E-state index contributed by atoms with van der Waals surface area (Å²) in [5.41, 5.74) is 0.174. The first-order chi connectivity index (χ1) is 14.7. The average molecular weight is 483 g/mol. The number of aliphatic carboxylic acids is 2. The van der Waals surface area contributed by atoms with Gasteiger partial charge in [-0.15, -0.1) is 0 Å². The predicted octanol–water partition coefficient (Wildman–Crippen LogP) is 2.88. The first kappa shape index (κ1) is 27.9. The van der Waals surface area contributed by atoms with Crippen LogP contribution < -0.4 is 4.72 Å².